The summed E-state index contributed by atoms with van der Waals surface area (Å²) in [6.07, 6.45) is -0.130. The molecule has 8 nitrogen and oxygen atoms in total. The molecule has 1 N–H and O–H groups in total. The molecule has 0 fully saturated rings. The second-order valence-electron chi connectivity index (χ2n) is 6.98. The first-order chi connectivity index (χ1) is 14.7. The number of benzene rings is 2. The van der Waals surface area contributed by atoms with Gasteiger partial charge in [-0.15, -0.1) is 0 Å². The number of carbonyl (C=O) groups is 1. The van der Waals surface area contributed by atoms with Crippen LogP contribution in [-0.2, 0) is 32.6 Å². The number of ether oxygens (including phenoxy) is 2. The maximum Gasteiger partial charge on any atom is 0.307 e. The van der Waals surface area contributed by atoms with Gasteiger partial charge in [-0.2, -0.15) is 4.98 Å². The van der Waals surface area contributed by atoms with Crippen LogP contribution in [0.3, 0.4) is 0 Å². The fourth-order valence-electron chi connectivity index (χ4n) is 3.23. The summed E-state index contributed by atoms with van der Waals surface area (Å²) in [6, 6.07) is 10.5. The van der Waals surface area contributed by atoms with E-state index in [4.69, 9.17) is 14.6 Å². The molecule has 0 saturated carbocycles. The average molecular weight is 444 g/mol. The molecule has 160 valence electrons. The predicted octanol–water partition coefficient (Wildman–Crippen LogP) is 3.14. The van der Waals surface area contributed by atoms with Crippen LogP contribution in [0.4, 0.5) is 4.39 Å². The lowest BCUT2D eigenvalue weighted by Crippen LogP contribution is -2.02. The van der Waals surface area contributed by atoms with Crippen LogP contribution in [0.5, 0.6) is 17.4 Å². The Hall–Kier alpha value is -3.53. The molecule has 0 spiro atoms. The fourth-order valence-corrected chi connectivity index (χ4v) is 4.72. The summed E-state index contributed by atoms with van der Waals surface area (Å²) in [5.74, 6) is -1.48. The summed E-state index contributed by atoms with van der Waals surface area (Å²) in [4.78, 5) is 19.5. The van der Waals surface area contributed by atoms with E-state index < -0.39 is 21.6 Å². The monoisotopic (exact) mass is 444 g/mol. The molecular formula is C21H17FN2O6S. The standard InChI is InChI=1S/C21H17FN2O6S/c1-29-18-7-4-13(9-16(18)22)20-23-17-11-31(27,28)10-15(17)21(24-20)30-14-5-2-12(3-6-14)8-19(25)26/h2-7,9H,8,10-11H2,1H3,(H,25,26). The number of aliphatic carboxylic acids is 1. The minimum atomic E-state index is -3.40. The van der Waals surface area contributed by atoms with Crippen molar-refractivity contribution >= 4 is 15.8 Å². The highest BCUT2D eigenvalue weighted by atomic mass is 32.2. The highest BCUT2D eigenvalue weighted by Crippen LogP contribution is 2.35. The Morgan fingerprint density at radius 2 is 1.87 bits per heavy atom. The average Bonchev–Trinajstić information content (AvgIpc) is 3.03. The van der Waals surface area contributed by atoms with Crippen molar-refractivity contribution < 1.29 is 32.2 Å². The molecule has 1 aromatic heterocycles. The van der Waals surface area contributed by atoms with Gasteiger partial charge in [0.15, 0.2) is 27.2 Å². The maximum absolute atomic E-state index is 14.2. The minimum Gasteiger partial charge on any atom is -0.494 e. The Morgan fingerprint density at radius 3 is 2.52 bits per heavy atom. The van der Waals surface area contributed by atoms with Crippen molar-refractivity contribution in [3.63, 3.8) is 0 Å². The maximum atomic E-state index is 14.2. The van der Waals surface area contributed by atoms with Crippen molar-refractivity contribution in [2.45, 2.75) is 17.9 Å². The van der Waals surface area contributed by atoms with Gasteiger partial charge in [-0.3, -0.25) is 4.79 Å². The van der Waals surface area contributed by atoms with E-state index >= 15 is 0 Å². The first kappa shape index (κ1) is 20.7. The number of nitrogens with zero attached hydrogens (tertiary/aromatic N) is 2. The third kappa shape index (κ3) is 4.48. The van der Waals surface area contributed by atoms with E-state index in [1.807, 2.05) is 0 Å². The Bertz CT molecular complexity index is 1280. The molecule has 0 bridgehead atoms. The highest BCUT2D eigenvalue weighted by molar-refractivity contribution is 7.90. The molecule has 0 radical (unpaired) electrons. The van der Waals surface area contributed by atoms with Gasteiger partial charge in [-0.25, -0.2) is 17.8 Å². The van der Waals surface area contributed by atoms with E-state index in [9.17, 15) is 17.6 Å². The summed E-state index contributed by atoms with van der Waals surface area (Å²) < 4.78 is 49.2. The van der Waals surface area contributed by atoms with Crippen LogP contribution in [0.25, 0.3) is 11.4 Å². The number of hydrogen-bond acceptors (Lipinski definition) is 7. The van der Waals surface area contributed by atoms with E-state index in [2.05, 4.69) is 9.97 Å². The predicted molar refractivity (Wildman–Crippen MR) is 108 cm³/mol. The van der Waals surface area contributed by atoms with E-state index in [-0.39, 0.29) is 35.4 Å². The number of carboxylic acids is 1. The van der Waals surface area contributed by atoms with Crippen LogP contribution >= 0.6 is 0 Å². The number of methoxy groups -OCH3 is 1. The van der Waals surface area contributed by atoms with Crippen LogP contribution in [0.2, 0.25) is 0 Å². The van der Waals surface area contributed by atoms with Gasteiger partial charge in [0.25, 0.3) is 0 Å². The zero-order valence-electron chi connectivity index (χ0n) is 16.3. The van der Waals surface area contributed by atoms with Gasteiger partial charge in [0.05, 0.1) is 36.3 Å². The van der Waals surface area contributed by atoms with E-state index in [1.54, 1.807) is 30.3 Å². The molecule has 3 aromatic rings. The highest BCUT2D eigenvalue weighted by Gasteiger charge is 2.31. The summed E-state index contributed by atoms with van der Waals surface area (Å²) in [5, 5.41) is 8.88. The van der Waals surface area contributed by atoms with E-state index in [0.717, 1.165) is 0 Å². The van der Waals surface area contributed by atoms with Crippen LogP contribution in [0.15, 0.2) is 42.5 Å². The number of fused-ring (bicyclic) bond motifs is 1. The fraction of sp³-hybridized carbons (Fsp3) is 0.190. The zero-order chi connectivity index (χ0) is 22.2. The molecule has 10 heteroatoms. The molecule has 2 aromatic carbocycles. The summed E-state index contributed by atoms with van der Waals surface area (Å²) in [5.41, 5.74) is 1.59. The van der Waals surface area contributed by atoms with Gasteiger partial charge in [-0.1, -0.05) is 12.1 Å². The second-order valence-corrected chi connectivity index (χ2v) is 9.04. The molecule has 0 aliphatic carbocycles. The Morgan fingerprint density at radius 1 is 1.13 bits per heavy atom. The SMILES string of the molecule is COc1ccc(-c2nc3c(c(Oc4ccc(CC(=O)O)cc4)n2)CS(=O)(=O)C3)cc1F. The first-order valence-electron chi connectivity index (χ1n) is 9.17. The number of aromatic nitrogens is 2. The smallest absolute Gasteiger partial charge is 0.307 e. The van der Waals surface area contributed by atoms with Crippen LogP contribution < -0.4 is 9.47 Å². The third-order valence-corrected chi connectivity index (χ3v) is 6.12. The third-order valence-electron chi connectivity index (χ3n) is 4.68. The molecule has 0 unspecified atom stereocenters. The Labute approximate surface area is 177 Å². The minimum absolute atomic E-state index is 0.0586. The topological polar surface area (TPSA) is 116 Å². The lowest BCUT2D eigenvalue weighted by atomic mass is 10.1. The quantitative estimate of drug-likeness (QED) is 0.617. The molecule has 0 saturated heterocycles. The number of hydrogen-bond donors (Lipinski definition) is 1. The Balaban J connectivity index is 1.73. The zero-order valence-corrected chi connectivity index (χ0v) is 17.1. The number of sulfone groups is 1. The van der Waals surface area contributed by atoms with Crippen molar-refractivity contribution in [2.24, 2.45) is 0 Å². The molecule has 0 amide bonds. The molecule has 0 atom stereocenters. The first-order valence-corrected chi connectivity index (χ1v) is 11.0. The van der Waals surface area contributed by atoms with Gasteiger partial charge in [-0.05, 0) is 35.9 Å². The van der Waals surface area contributed by atoms with Crippen molar-refractivity contribution in [1.29, 1.82) is 0 Å². The number of halogens is 1. The van der Waals surface area contributed by atoms with Gasteiger partial charge in [0.1, 0.15) is 5.75 Å². The van der Waals surface area contributed by atoms with Gasteiger partial charge < -0.3 is 14.6 Å². The van der Waals surface area contributed by atoms with Gasteiger partial charge in [0, 0.05) is 5.56 Å². The summed E-state index contributed by atoms with van der Waals surface area (Å²) in [6.45, 7) is 0. The molecule has 31 heavy (non-hydrogen) atoms. The van der Waals surface area contributed by atoms with Crippen LogP contribution in [0.1, 0.15) is 16.8 Å². The second kappa shape index (κ2) is 7.95. The lowest BCUT2D eigenvalue weighted by molar-refractivity contribution is -0.136. The number of carboxylic acid groups (broad SMARTS) is 1. The molecule has 2 heterocycles. The van der Waals surface area contributed by atoms with Gasteiger partial charge >= 0.3 is 5.97 Å². The number of rotatable bonds is 6. The van der Waals surface area contributed by atoms with Crippen molar-refractivity contribution in [3.05, 3.63) is 65.1 Å². The van der Waals surface area contributed by atoms with Crippen molar-refractivity contribution in [1.82, 2.24) is 9.97 Å². The van der Waals surface area contributed by atoms with Crippen molar-refractivity contribution in [3.8, 4) is 28.8 Å². The van der Waals surface area contributed by atoms with E-state index in [1.165, 1.54) is 19.2 Å². The molecule has 1 aliphatic rings. The van der Waals surface area contributed by atoms with E-state index in [0.29, 0.717) is 28.1 Å². The van der Waals surface area contributed by atoms with Crippen molar-refractivity contribution in [2.75, 3.05) is 7.11 Å². The molecule has 1 aliphatic heterocycles. The largest absolute Gasteiger partial charge is 0.494 e. The Kier molecular flexibility index (Phi) is 5.32. The normalized spacial score (nSPS) is 14.1. The molecule has 4 rings (SSSR count). The summed E-state index contributed by atoms with van der Waals surface area (Å²) >= 11 is 0. The summed E-state index contributed by atoms with van der Waals surface area (Å²) in [7, 11) is -2.05. The van der Waals surface area contributed by atoms with Crippen LogP contribution in [0, 0.1) is 5.82 Å². The lowest BCUT2D eigenvalue weighted by Gasteiger charge is -2.11. The van der Waals surface area contributed by atoms with Gasteiger partial charge in [0.2, 0.25) is 5.88 Å². The van der Waals surface area contributed by atoms with Crippen LogP contribution in [-0.4, -0.2) is 36.6 Å². The molecular weight excluding hydrogens is 427 g/mol.